The molecule has 0 aliphatic carbocycles. The molecule has 8 nitrogen and oxygen atoms in total. The van der Waals surface area contributed by atoms with Crippen LogP contribution in [0.5, 0.6) is 0 Å². The molecule has 0 spiro atoms. The Morgan fingerprint density at radius 2 is 1.97 bits per heavy atom. The van der Waals surface area contributed by atoms with Gasteiger partial charge >= 0.3 is 0 Å². The number of amides is 2. The number of nitrogens with one attached hydrogen (secondary N) is 3. The van der Waals surface area contributed by atoms with Gasteiger partial charge in [0.2, 0.25) is 5.91 Å². The number of H-pyrrole nitrogens is 1. The summed E-state index contributed by atoms with van der Waals surface area (Å²) in [6.07, 6.45) is 0.903. The number of carbonyl (C=O) groups excluding carboxylic acids is 2. The Labute approximate surface area is 194 Å². The van der Waals surface area contributed by atoms with Crippen molar-refractivity contribution < 1.29 is 9.59 Å². The van der Waals surface area contributed by atoms with Gasteiger partial charge in [-0.05, 0) is 43.1 Å². The van der Waals surface area contributed by atoms with Crippen LogP contribution in [-0.4, -0.2) is 73.2 Å². The van der Waals surface area contributed by atoms with Crippen LogP contribution in [0.15, 0.2) is 48.5 Å². The largest absolute Gasteiger partial charge is 0.368 e. The van der Waals surface area contributed by atoms with Crippen molar-refractivity contribution in [2.24, 2.45) is 0 Å². The van der Waals surface area contributed by atoms with Gasteiger partial charge in [-0.1, -0.05) is 37.3 Å². The molecule has 2 unspecified atom stereocenters. The standard InChI is InChI=1S/C25H32N6O2/c1-17(18-7-5-4-6-8-18)11-12-27-24(32)22-16-31(14-13-30(22)3)19-9-10-20-21(15-19)28-29-23(20)25(33)26-2/h4-10,15,17,22H,11-14,16H2,1-3H3,(H,26,33)(H,27,32)(H,28,29). The highest BCUT2D eigenvalue weighted by atomic mass is 16.2. The normalized spacial score (nSPS) is 17.7. The van der Waals surface area contributed by atoms with Crippen LogP contribution >= 0.6 is 0 Å². The number of likely N-dealkylation sites (N-methyl/N-ethyl adjacent to an activating group) is 1. The van der Waals surface area contributed by atoms with E-state index in [0.717, 1.165) is 36.1 Å². The van der Waals surface area contributed by atoms with E-state index >= 15 is 0 Å². The SMILES string of the molecule is CNC(=O)c1n[nH]c2cc(N3CCN(C)C(C(=O)NCCC(C)c4ccccc4)C3)ccc12. The van der Waals surface area contributed by atoms with Crippen molar-refractivity contribution >= 4 is 28.4 Å². The zero-order valence-corrected chi connectivity index (χ0v) is 19.5. The quantitative estimate of drug-likeness (QED) is 0.516. The van der Waals surface area contributed by atoms with Gasteiger partial charge in [-0.25, -0.2) is 0 Å². The molecule has 2 heterocycles. The lowest BCUT2D eigenvalue weighted by atomic mass is 9.98. The van der Waals surface area contributed by atoms with Crippen LogP contribution in [0.1, 0.15) is 35.3 Å². The topological polar surface area (TPSA) is 93.4 Å². The molecule has 1 aliphatic heterocycles. The Hall–Kier alpha value is -3.39. The summed E-state index contributed by atoms with van der Waals surface area (Å²) in [5, 5.41) is 13.6. The molecule has 3 aromatic rings. The van der Waals surface area contributed by atoms with Crippen LogP contribution in [0.2, 0.25) is 0 Å². The van der Waals surface area contributed by atoms with Gasteiger partial charge in [0.25, 0.3) is 5.91 Å². The lowest BCUT2D eigenvalue weighted by Crippen LogP contribution is -2.57. The number of hydrogen-bond donors (Lipinski definition) is 3. The van der Waals surface area contributed by atoms with Gasteiger partial charge in [0.05, 0.1) is 5.52 Å². The molecule has 3 N–H and O–H groups in total. The summed E-state index contributed by atoms with van der Waals surface area (Å²) >= 11 is 0. The lowest BCUT2D eigenvalue weighted by Gasteiger charge is -2.39. The lowest BCUT2D eigenvalue weighted by molar-refractivity contribution is -0.126. The molecule has 33 heavy (non-hydrogen) atoms. The number of aromatic nitrogens is 2. The fourth-order valence-electron chi connectivity index (χ4n) is 4.36. The van der Waals surface area contributed by atoms with Crippen molar-refractivity contribution in [2.75, 3.05) is 45.2 Å². The van der Waals surface area contributed by atoms with E-state index in [0.29, 0.717) is 24.7 Å². The molecule has 0 saturated carbocycles. The average Bonchev–Trinajstić information content (AvgIpc) is 3.27. The van der Waals surface area contributed by atoms with E-state index in [4.69, 9.17) is 0 Å². The van der Waals surface area contributed by atoms with Crippen molar-refractivity contribution in [2.45, 2.75) is 25.3 Å². The monoisotopic (exact) mass is 448 g/mol. The predicted molar refractivity (Wildman–Crippen MR) is 131 cm³/mol. The minimum absolute atomic E-state index is 0.0620. The van der Waals surface area contributed by atoms with Crippen molar-refractivity contribution in [3.8, 4) is 0 Å². The molecule has 1 aliphatic rings. The Morgan fingerprint density at radius 1 is 1.18 bits per heavy atom. The molecule has 1 aromatic heterocycles. The summed E-state index contributed by atoms with van der Waals surface area (Å²) in [5.74, 6) is 0.242. The number of fused-ring (bicyclic) bond motifs is 1. The minimum Gasteiger partial charge on any atom is -0.368 e. The molecule has 2 atom stereocenters. The number of piperazine rings is 1. The van der Waals surface area contributed by atoms with E-state index in [9.17, 15) is 9.59 Å². The highest BCUT2D eigenvalue weighted by Gasteiger charge is 2.30. The number of aromatic amines is 1. The molecule has 2 amide bonds. The number of benzene rings is 2. The van der Waals surface area contributed by atoms with E-state index in [1.54, 1.807) is 7.05 Å². The molecule has 174 valence electrons. The average molecular weight is 449 g/mol. The molecule has 1 fully saturated rings. The van der Waals surface area contributed by atoms with Gasteiger partial charge in [0, 0.05) is 44.3 Å². The van der Waals surface area contributed by atoms with Gasteiger partial charge in [-0.3, -0.25) is 19.6 Å². The number of rotatable bonds is 7. The summed E-state index contributed by atoms with van der Waals surface area (Å²) in [6.45, 7) is 5.08. The van der Waals surface area contributed by atoms with E-state index in [1.165, 1.54) is 5.56 Å². The van der Waals surface area contributed by atoms with Gasteiger partial charge in [-0.2, -0.15) is 5.10 Å². The maximum Gasteiger partial charge on any atom is 0.272 e. The Kier molecular flexibility index (Phi) is 6.93. The second-order valence-electron chi connectivity index (χ2n) is 8.72. The molecule has 0 bridgehead atoms. The van der Waals surface area contributed by atoms with E-state index in [2.05, 4.69) is 61.8 Å². The fourth-order valence-corrected chi connectivity index (χ4v) is 4.36. The third kappa shape index (κ3) is 5.01. The smallest absolute Gasteiger partial charge is 0.272 e. The summed E-state index contributed by atoms with van der Waals surface area (Å²) in [4.78, 5) is 29.3. The summed E-state index contributed by atoms with van der Waals surface area (Å²) < 4.78 is 0. The van der Waals surface area contributed by atoms with E-state index in [1.807, 2.05) is 31.3 Å². The van der Waals surface area contributed by atoms with Crippen LogP contribution in [0.25, 0.3) is 10.9 Å². The molecule has 1 saturated heterocycles. The van der Waals surface area contributed by atoms with Crippen LogP contribution in [0, 0.1) is 0 Å². The molecule has 0 radical (unpaired) electrons. The van der Waals surface area contributed by atoms with Gasteiger partial charge in [0.1, 0.15) is 6.04 Å². The van der Waals surface area contributed by atoms with Gasteiger partial charge in [-0.15, -0.1) is 0 Å². The Bertz CT molecular complexity index is 1110. The zero-order valence-electron chi connectivity index (χ0n) is 19.5. The highest BCUT2D eigenvalue weighted by molar-refractivity contribution is 6.05. The summed E-state index contributed by atoms with van der Waals surface area (Å²) in [7, 11) is 3.59. The van der Waals surface area contributed by atoms with Crippen LogP contribution < -0.4 is 15.5 Å². The predicted octanol–water partition coefficient (Wildman–Crippen LogP) is 2.35. The number of nitrogens with zero attached hydrogens (tertiary/aromatic N) is 3. The summed E-state index contributed by atoms with van der Waals surface area (Å²) in [6, 6.07) is 16.1. The Balaban J connectivity index is 1.38. The zero-order chi connectivity index (χ0) is 23.4. The minimum atomic E-state index is -0.218. The first-order valence-electron chi connectivity index (χ1n) is 11.5. The fraction of sp³-hybridized carbons (Fsp3) is 0.400. The first-order valence-corrected chi connectivity index (χ1v) is 11.5. The maximum atomic E-state index is 13.0. The first kappa shape index (κ1) is 22.8. The van der Waals surface area contributed by atoms with Crippen molar-refractivity contribution in [1.82, 2.24) is 25.7 Å². The van der Waals surface area contributed by atoms with Crippen molar-refractivity contribution in [1.29, 1.82) is 0 Å². The molecule has 8 heteroatoms. The second kappa shape index (κ2) is 10.0. The van der Waals surface area contributed by atoms with Crippen LogP contribution in [-0.2, 0) is 4.79 Å². The number of carbonyl (C=O) groups is 2. The molecule has 4 rings (SSSR count). The van der Waals surface area contributed by atoms with Crippen molar-refractivity contribution in [3.05, 3.63) is 59.8 Å². The van der Waals surface area contributed by atoms with Crippen LogP contribution in [0.3, 0.4) is 0 Å². The van der Waals surface area contributed by atoms with Crippen molar-refractivity contribution in [3.63, 3.8) is 0 Å². The molecular formula is C25H32N6O2. The first-order chi connectivity index (χ1) is 16.0. The highest BCUT2D eigenvalue weighted by Crippen LogP contribution is 2.25. The van der Waals surface area contributed by atoms with E-state index < -0.39 is 0 Å². The number of hydrogen-bond acceptors (Lipinski definition) is 5. The third-order valence-electron chi connectivity index (χ3n) is 6.55. The maximum absolute atomic E-state index is 13.0. The second-order valence-corrected chi connectivity index (χ2v) is 8.72. The third-order valence-corrected chi connectivity index (χ3v) is 6.55. The van der Waals surface area contributed by atoms with E-state index in [-0.39, 0.29) is 17.9 Å². The Morgan fingerprint density at radius 3 is 2.73 bits per heavy atom. The van der Waals surface area contributed by atoms with Gasteiger partial charge < -0.3 is 15.5 Å². The molecular weight excluding hydrogens is 416 g/mol. The van der Waals surface area contributed by atoms with Crippen LogP contribution in [0.4, 0.5) is 5.69 Å². The number of anilines is 1. The molecule has 2 aromatic carbocycles. The summed E-state index contributed by atoms with van der Waals surface area (Å²) in [5.41, 5.74) is 3.50. The van der Waals surface area contributed by atoms with Gasteiger partial charge in [0.15, 0.2) is 5.69 Å².